The molecule has 4 nitrogen and oxygen atoms in total. The predicted molar refractivity (Wildman–Crippen MR) is 82.9 cm³/mol. The van der Waals surface area contributed by atoms with Gasteiger partial charge in [-0.1, -0.05) is 18.2 Å². The summed E-state index contributed by atoms with van der Waals surface area (Å²) in [6.07, 6.45) is 1.64. The number of hydrogen-bond donors (Lipinski definition) is 2. The molecule has 5 heteroatoms. The Balaban J connectivity index is 2.06. The van der Waals surface area contributed by atoms with Crippen molar-refractivity contribution in [2.24, 2.45) is 0 Å². The van der Waals surface area contributed by atoms with E-state index in [2.05, 4.69) is 11.1 Å². The van der Waals surface area contributed by atoms with Crippen LogP contribution in [0, 0.1) is 11.3 Å². The minimum Gasteiger partial charge on any atom is -0.504 e. The number of fused-ring (bicyclic) bond motifs is 1. The lowest BCUT2D eigenvalue weighted by Gasteiger charge is -1.99. The van der Waals surface area contributed by atoms with Crippen molar-refractivity contribution in [1.29, 1.82) is 5.26 Å². The second kappa shape index (κ2) is 5.27. The summed E-state index contributed by atoms with van der Waals surface area (Å²) in [5.74, 6) is -0.406. The van der Waals surface area contributed by atoms with Crippen molar-refractivity contribution < 1.29 is 10.2 Å². The zero-order valence-electron chi connectivity index (χ0n) is 10.8. The molecule has 0 aliphatic rings. The monoisotopic (exact) mass is 294 g/mol. The van der Waals surface area contributed by atoms with Crippen LogP contribution in [0.15, 0.2) is 42.5 Å². The molecule has 3 aromatic rings. The van der Waals surface area contributed by atoms with Gasteiger partial charge in [0.15, 0.2) is 11.5 Å². The Bertz CT molecular complexity index is 858. The second-order valence-corrected chi connectivity index (χ2v) is 5.44. The molecule has 21 heavy (non-hydrogen) atoms. The Morgan fingerprint density at radius 2 is 1.95 bits per heavy atom. The number of phenolic OH excluding ortho intramolecular Hbond substituents is 2. The highest BCUT2D eigenvalue weighted by atomic mass is 32.1. The van der Waals surface area contributed by atoms with E-state index in [-0.39, 0.29) is 11.5 Å². The Hall–Kier alpha value is -2.84. The fourth-order valence-electron chi connectivity index (χ4n) is 1.93. The van der Waals surface area contributed by atoms with Crippen molar-refractivity contribution in [3.63, 3.8) is 0 Å². The molecule has 1 aromatic heterocycles. The number of nitrogens with zero attached hydrogens (tertiary/aromatic N) is 2. The maximum atomic E-state index is 9.50. The van der Waals surface area contributed by atoms with Crippen LogP contribution in [0.3, 0.4) is 0 Å². The molecule has 102 valence electrons. The minimum absolute atomic E-state index is 0.189. The Labute approximate surface area is 124 Å². The van der Waals surface area contributed by atoms with Gasteiger partial charge in [0.25, 0.3) is 0 Å². The van der Waals surface area contributed by atoms with Gasteiger partial charge in [0.2, 0.25) is 0 Å². The molecule has 2 aromatic carbocycles. The van der Waals surface area contributed by atoms with Gasteiger partial charge in [-0.05, 0) is 35.9 Å². The van der Waals surface area contributed by atoms with Crippen LogP contribution in [0.4, 0.5) is 0 Å². The number of aromatic nitrogens is 1. The maximum Gasteiger partial charge on any atom is 0.157 e. The summed E-state index contributed by atoms with van der Waals surface area (Å²) in [6.45, 7) is 0. The number of benzene rings is 2. The van der Waals surface area contributed by atoms with Gasteiger partial charge >= 0.3 is 0 Å². The first-order valence-corrected chi connectivity index (χ1v) is 6.99. The molecule has 0 aliphatic heterocycles. The van der Waals surface area contributed by atoms with Crippen LogP contribution in [-0.2, 0) is 0 Å². The number of phenols is 2. The number of para-hydroxylation sites is 1. The van der Waals surface area contributed by atoms with Gasteiger partial charge in [-0.2, -0.15) is 5.26 Å². The van der Waals surface area contributed by atoms with Crippen LogP contribution in [0.2, 0.25) is 0 Å². The Morgan fingerprint density at radius 1 is 1.14 bits per heavy atom. The van der Waals surface area contributed by atoms with Crippen molar-refractivity contribution in [3.8, 4) is 17.6 Å². The van der Waals surface area contributed by atoms with E-state index >= 15 is 0 Å². The predicted octanol–water partition coefficient (Wildman–Crippen LogP) is 3.77. The lowest BCUT2D eigenvalue weighted by molar-refractivity contribution is 0.403. The zero-order chi connectivity index (χ0) is 14.8. The molecule has 1 heterocycles. The molecule has 0 fully saturated rings. The van der Waals surface area contributed by atoms with Gasteiger partial charge in [-0.15, -0.1) is 11.3 Å². The van der Waals surface area contributed by atoms with Crippen molar-refractivity contribution >= 4 is 33.2 Å². The molecular formula is C16H10N2O2S. The SMILES string of the molecule is N#C/C(=C\c1ccc(O)c(O)c1)c1nc2ccccc2s1. The molecule has 2 N–H and O–H groups in total. The maximum absolute atomic E-state index is 9.50. The highest BCUT2D eigenvalue weighted by Gasteiger charge is 2.09. The normalized spacial score (nSPS) is 11.5. The molecular weight excluding hydrogens is 284 g/mol. The van der Waals surface area contributed by atoms with E-state index in [1.54, 1.807) is 12.1 Å². The number of allylic oxidation sites excluding steroid dienone is 1. The van der Waals surface area contributed by atoms with E-state index < -0.39 is 0 Å². The molecule has 0 saturated heterocycles. The highest BCUT2D eigenvalue weighted by Crippen LogP contribution is 2.30. The second-order valence-electron chi connectivity index (χ2n) is 4.40. The Morgan fingerprint density at radius 3 is 2.67 bits per heavy atom. The van der Waals surface area contributed by atoms with E-state index in [0.29, 0.717) is 16.1 Å². The average molecular weight is 294 g/mol. The highest BCUT2D eigenvalue weighted by molar-refractivity contribution is 7.19. The summed E-state index contributed by atoms with van der Waals surface area (Å²) in [4.78, 5) is 4.44. The van der Waals surface area contributed by atoms with Gasteiger partial charge in [0.05, 0.1) is 15.8 Å². The fraction of sp³-hybridized carbons (Fsp3) is 0. The summed E-state index contributed by atoms with van der Waals surface area (Å²) in [6, 6.07) is 14.2. The summed E-state index contributed by atoms with van der Waals surface area (Å²) in [7, 11) is 0. The number of nitriles is 1. The lowest BCUT2D eigenvalue weighted by Crippen LogP contribution is -1.81. The number of rotatable bonds is 2. The summed E-state index contributed by atoms with van der Waals surface area (Å²) in [5.41, 5.74) is 1.90. The van der Waals surface area contributed by atoms with E-state index in [9.17, 15) is 15.5 Å². The molecule has 0 spiro atoms. The molecule has 0 aliphatic carbocycles. The van der Waals surface area contributed by atoms with E-state index in [4.69, 9.17) is 0 Å². The third-order valence-corrected chi connectivity index (χ3v) is 4.02. The molecule has 0 bridgehead atoms. The average Bonchev–Trinajstić information content (AvgIpc) is 2.92. The molecule has 0 saturated carbocycles. The van der Waals surface area contributed by atoms with Crippen LogP contribution in [0.5, 0.6) is 11.5 Å². The first kappa shape index (κ1) is 13.2. The van der Waals surface area contributed by atoms with Crippen molar-refractivity contribution in [1.82, 2.24) is 4.98 Å². The first-order valence-electron chi connectivity index (χ1n) is 6.17. The van der Waals surface area contributed by atoms with Crippen LogP contribution in [0.25, 0.3) is 21.9 Å². The molecule has 0 atom stereocenters. The summed E-state index contributed by atoms with van der Waals surface area (Å²) in [5, 5.41) is 28.8. The number of aromatic hydroxyl groups is 2. The molecule has 0 radical (unpaired) electrons. The third-order valence-electron chi connectivity index (χ3n) is 2.96. The number of hydrogen-bond acceptors (Lipinski definition) is 5. The molecule has 0 unspecified atom stereocenters. The summed E-state index contributed by atoms with van der Waals surface area (Å²) >= 11 is 1.44. The third kappa shape index (κ3) is 2.57. The molecule has 3 rings (SSSR count). The lowest BCUT2D eigenvalue weighted by atomic mass is 10.1. The van der Waals surface area contributed by atoms with Crippen LogP contribution in [-0.4, -0.2) is 15.2 Å². The van der Waals surface area contributed by atoms with Crippen LogP contribution < -0.4 is 0 Å². The standard InChI is InChI=1S/C16H10N2O2S/c17-9-11(7-10-5-6-13(19)14(20)8-10)16-18-12-3-1-2-4-15(12)21-16/h1-8,19-20H/b11-7+. The van der Waals surface area contributed by atoms with Crippen molar-refractivity contribution in [2.45, 2.75) is 0 Å². The van der Waals surface area contributed by atoms with Crippen LogP contribution >= 0.6 is 11.3 Å². The smallest absolute Gasteiger partial charge is 0.157 e. The minimum atomic E-state index is -0.217. The van der Waals surface area contributed by atoms with Gasteiger partial charge in [-0.3, -0.25) is 0 Å². The first-order chi connectivity index (χ1) is 10.2. The zero-order valence-corrected chi connectivity index (χ0v) is 11.6. The van der Waals surface area contributed by atoms with Gasteiger partial charge in [0.1, 0.15) is 11.1 Å². The van der Waals surface area contributed by atoms with Crippen LogP contribution in [0.1, 0.15) is 10.6 Å². The van der Waals surface area contributed by atoms with E-state index in [1.807, 2.05) is 24.3 Å². The van der Waals surface area contributed by atoms with Gasteiger partial charge in [-0.25, -0.2) is 4.98 Å². The quantitative estimate of drug-likeness (QED) is 0.557. The van der Waals surface area contributed by atoms with Crippen molar-refractivity contribution in [3.05, 3.63) is 53.0 Å². The summed E-state index contributed by atoms with van der Waals surface area (Å²) < 4.78 is 1.02. The van der Waals surface area contributed by atoms with Gasteiger partial charge in [0, 0.05) is 0 Å². The van der Waals surface area contributed by atoms with Crippen molar-refractivity contribution in [2.75, 3.05) is 0 Å². The van der Waals surface area contributed by atoms with E-state index in [0.717, 1.165) is 10.2 Å². The van der Waals surface area contributed by atoms with Gasteiger partial charge < -0.3 is 10.2 Å². The molecule has 0 amide bonds. The Kier molecular flexibility index (Phi) is 3.30. The fourth-order valence-corrected chi connectivity index (χ4v) is 2.86. The largest absolute Gasteiger partial charge is 0.504 e. The topological polar surface area (TPSA) is 77.1 Å². The van der Waals surface area contributed by atoms with E-state index in [1.165, 1.54) is 23.5 Å². The number of thiazole rings is 1.